The first kappa shape index (κ1) is 24.2. The number of hydrogen-bond donors (Lipinski definition) is 1. The molecule has 0 amide bonds. The van der Waals surface area contributed by atoms with Gasteiger partial charge in [0, 0.05) is 30.1 Å². The van der Waals surface area contributed by atoms with Gasteiger partial charge in [0.2, 0.25) is 0 Å². The van der Waals surface area contributed by atoms with Gasteiger partial charge in [0.05, 0.1) is 17.1 Å². The molecule has 4 bridgehead atoms. The summed E-state index contributed by atoms with van der Waals surface area (Å²) >= 11 is 0. The van der Waals surface area contributed by atoms with Gasteiger partial charge in [-0.3, -0.25) is 9.59 Å². The summed E-state index contributed by atoms with van der Waals surface area (Å²) in [6, 6.07) is 7.13. The number of rotatable bonds is 0. The van der Waals surface area contributed by atoms with Gasteiger partial charge in [-0.1, -0.05) is 19.1 Å². The predicted molar refractivity (Wildman–Crippen MR) is 134 cm³/mol. The van der Waals surface area contributed by atoms with Gasteiger partial charge in [-0.05, 0) is 79.4 Å². The number of cyclic esters (lactones) is 1. The summed E-state index contributed by atoms with van der Waals surface area (Å²) in [5.74, 6) is -2.52. The second-order valence-corrected chi connectivity index (χ2v) is 12.7. The number of carbonyl (C=O) groups excluding carboxylic acids is 3. The standard InChI is InChI=1S/C30H31F2NO5/c1-27-7-6-19(34)10-22(27)23(31)11-21-20-9-17-13-33-15-29(17,28(20,2)12-24(35)30(21,27)32)25(36)14-38-26(37)16-4-3-5-18(33)8-16/h3-8,10,17,20-21,23-24,35H,9,11-15H2,1-2H3/t17-,20-,21-,23-,24-,27-,28-,29+,30-/m0/s1. The van der Waals surface area contributed by atoms with E-state index >= 15 is 8.78 Å². The molecule has 0 unspecified atom stereocenters. The van der Waals surface area contributed by atoms with E-state index in [2.05, 4.69) is 4.90 Å². The molecule has 1 aromatic carbocycles. The second-order valence-electron chi connectivity index (χ2n) is 12.7. The van der Waals surface area contributed by atoms with Crippen LogP contribution < -0.4 is 4.90 Å². The van der Waals surface area contributed by atoms with Crippen molar-refractivity contribution in [1.82, 2.24) is 0 Å². The highest BCUT2D eigenvalue weighted by atomic mass is 19.1. The third-order valence-corrected chi connectivity index (χ3v) is 11.4. The van der Waals surface area contributed by atoms with Crippen molar-refractivity contribution in [1.29, 1.82) is 0 Å². The summed E-state index contributed by atoms with van der Waals surface area (Å²) in [7, 11) is 0. The zero-order chi connectivity index (χ0) is 26.8. The third-order valence-electron chi connectivity index (χ3n) is 11.4. The topological polar surface area (TPSA) is 83.9 Å². The van der Waals surface area contributed by atoms with Crippen LogP contribution in [0.4, 0.5) is 14.5 Å². The summed E-state index contributed by atoms with van der Waals surface area (Å²) in [6.45, 7) is 4.07. The van der Waals surface area contributed by atoms with Gasteiger partial charge in [0.1, 0.15) is 6.17 Å². The Kier molecular flexibility index (Phi) is 4.71. The van der Waals surface area contributed by atoms with Crippen LogP contribution in [0.25, 0.3) is 0 Å². The Morgan fingerprint density at radius 2 is 1.92 bits per heavy atom. The second kappa shape index (κ2) is 7.40. The van der Waals surface area contributed by atoms with E-state index in [1.54, 1.807) is 25.1 Å². The van der Waals surface area contributed by atoms with Crippen LogP contribution in [-0.4, -0.2) is 60.3 Å². The maximum absolute atomic E-state index is 17.5. The fraction of sp³-hybridized carbons (Fsp3) is 0.567. The SMILES string of the molecule is C[C@]12C=CC(=O)C=C1[C@@H](F)C[C@H]1[C@@H]3C[C@H]4CN5C[C@@]4(C(=O)COC(=O)c4cccc5c4)[C@@]3(C)C[C@H](O)[C@@]12F. The third kappa shape index (κ3) is 2.63. The minimum absolute atomic E-state index is 0.0241. The lowest BCUT2D eigenvalue weighted by Gasteiger charge is -2.63. The van der Waals surface area contributed by atoms with Gasteiger partial charge in [-0.15, -0.1) is 0 Å². The number of hydrogen-bond acceptors (Lipinski definition) is 6. The zero-order valence-electron chi connectivity index (χ0n) is 21.5. The Morgan fingerprint density at radius 1 is 1.13 bits per heavy atom. The molecule has 38 heavy (non-hydrogen) atoms. The molecule has 1 aromatic rings. The van der Waals surface area contributed by atoms with E-state index in [1.807, 2.05) is 13.0 Å². The Hall–Kier alpha value is -2.87. The van der Waals surface area contributed by atoms with Crippen molar-refractivity contribution < 1.29 is 33.0 Å². The van der Waals surface area contributed by atoms with Crippen molar-refractivity contribution in [2.45, 2.75) is 51.1 Å². The first-order chi connectivity index (χ1) is 18.0. The maximum atomic E-state index is 17.5. The Balaban J connectivity index is 1.35. The van der Waals surface area contributed by atoms with Crippen molar-refractivity contribution in [3.8, 4) is 0 Å². The lowest BCUT2D eigenvalue weighted by atomic mass is 9.43. The first-order valence-electron chi connectivity index (χ1n) is 13.5. The Bertz CT molecular complexity index is 1360. The van der Waals surface area contributed by atoms with Crippen LogP contribution in [0.15, 0.2) is 48.1 Å². The van der Waals surface area contributed by atoms with Gasteiger partial charge >= 0.3 is 5.97 Å². The van der Waals surface area contributed by atoms with Gasteiger partial charge in [-0.2, -0.15) is 0 Å². The monoisotopic (exact) mass is 523 g/mol. The fourth-order valence-electron chi connectivity index (χ4n) is 9.65. The van der Waals surface area contributed by atoms with Gasteiger partial charge in [-0.25, -0.2) is 13.6 Å². The van der Waals surface area contributed by atoms with Crippen molar-refractivity contribution in [3.05, 3.63) is 53.6 Å². The van der Waals surface area contributed by atoms with E-state index in [-0.39, 0.29) is 41.8 Å². The lowest BCUT2D eigenvalue weighted by Crippen LogP contribution is -2.69. The van der Waals surface area contributed by atoms with Gasteiger partial charge in [0.15, 0.2) is 23.8 Å². The normalized spacial score (nSPS) is 47.0. The van der Waals surface area contributed by atoms with Crippen LogP contribution in [0.2, 0.25) is 0 Å². The molecule has 9 atom stereocenters. The number of anilines is 1. The number of Topliss-reactive ketones (excluding diaryl/α,β-unsaturated/α-hetero) is 1. The van der Waals surface area contributed by atoms with E-state index in [4.69, 9.17) is 4.74 Å². The predicted octanol–water partition coefficient (Wildman–Crippen LogP) is 3.78. The minimum atomic E-state index is -2.18. The maximum Gasteiger partial charge on any atom is 0.338 e. The van der Waals surface area contributed by atoms with E-state index in [1.165, 1.54) is 18.2 Å². The number of fused-ring (bicyclic) bond motifs is 9. The number of benzene rings is 1. The van der Waals surface area contributed by atoms with E-state index < -0.39 is 52.7 Å². The Morgan fingerprint density at radius 3 is 2.71 bits per heavy atom. The number of alkyl halides is 2. The van der Waals surface area contributed by atoms with Crippen LogP contribution in [0.3, 0.4) is 0 Å². The van der Waals surface area contributed by atoms with Gasteiger partial charge in [0.25, 0.3) is 0 Å². The molecule has 0 aromatic heterocycles. The number of nitrogens with zero attached hydrogens (tertiary/aromatic N) is 1. The largest absolute Gasteiger partial charge is 0.454 e. The highest BCUT2D eigenvalue weighted by Gasteiger charge is 2.78. The number of aliphatic hydroxyl groups is 1. The molecule has 2 heterocycles. The molecular formula is C30H31F2NO5. The number of carbonyl (C=O) groups is 3. The van der Waals surface area contributed by atoms with E-state index in [0.717, 1.165) is 5.69 Å². The van der Waals surface area contributed by atoms with Gasteiger partial charge < -0.3 is 14.7 Å². The quantitative estimate of drug-likeness (QED) is 0.522. The summed E-state index contributed by atoms with van der Waals surface area (Å²) in [5, 5.41) is 11.7. The molecule has 7 rings (SSSR count). The van der Waals surface area contributed by atoms with Crippen LogP contribution in [0.5, 0.6) is 0 Å². The number of ketones is 2. The molecule has 8 heteroatoms. The van der Waals surface area contributed by atoms with Crippen LogP contribution in [-0.2, 0) is 14.3 Å². The lowest BCUT2D eigenvalue weighted by molar-refractivity contribution is -0.210. The van der Waals surface area contributed by atoms with Crippen LogP contribution >= 0.6 is 0 Å². The van der Waals surface area contributed by atoms with Crippen molar-refractivity contribution >= 4 is 23.2 Å². The summed E-state index contributed by atoms with van der Waals surface area (Å²) < 4.78 is 38.7. The number of ether oxygens (including phenoxy) is 1. The smallest absolute Gasteiger partial charge is 0.338 e. The molecular weight excluding hydrogens is 492 g/mol. The molecule has 200 valence electrons. The highest BCUT2D eigenvalue weighted by molar-refractivity contribution is 6.01. The van der Waals surface area contributed by atoms with Crippen molar-refractivity contribution in [2.24, 2.45) is 34.0 Å². The molecule has 6 aliphatic rings. The molecule has 3 saturated carbocycles. The summed E-state index contributed by atoms with van der Waals surface area (Å²) in [6.07, 6.45) is 1.30. The van der Waals surface area contributed by atoms with Crippen LogP contribution in [0, 0.1) is 34.0 Å². The molecule has 4 aliphatic carbocycles. The zero-order valence-corrected chi connectivity index (χ0v) is 21.5. The van der Waals surface area contributed by atoms with Crippen molar-refractivity contribution in [3.63, 3.8) is 0 Å². The molecule has 2 aliphatic heterocycles. The fourth-order valence-corrected chi connectivity index (χ4v) is 9.65. The molecule has 4 fully saturated rings. The summed E-state index contributed by atoms with van der Waals surface area (Å²) in [4.78, 5) is 41.0. The number of esters is 1. The number of aliphatic hydroxyl groups excluding tert-OH is 1. The average molecular weight is 524 g/mol. The van der Waals surface area contributed by atoms with E-state index in [0.29, 0.717) is 25.1 Å². The average Bonchev–Trinajstić information content (AvgIpc) is 3.38. The Labute approximate surface area is 219 Å². The van der Waals surface area contributed by atoms with Crippen LogP contribution in [0.1, 0.15) is 43.5 Å². The van der Waals surface area contributed by atoms with E-state index in [9.17, 15) is 19.5 Å². The minimum Gasteiger partial charge on any atom is -0.454 e. The molecule has 1 saturated heterocycles. The molecule has 1 spiro atoms. The summed E-state index contributed by atoms with van der Waals surface area (Å²) in [5.41, 5.74) is -4.16. The number of allylic oxidation sites excluding steroid dienone is 4. The number of halogens is 2. The first-order valence-corrected chi connectivity index (χ1v) is 13.5. The highest BCUT2D eigenvalue weighted by Crippen LogP contribution is 2.74. The molecule has 1 N–H and O–H groups in total. The molecule has 6 nitrogen and oxygen atoms in total. The van der Waals surface area contributed by atoms with Crippen molar-refractivity contribution in [2.75, 3.05) is 24.6 Å². The molecule has 0 radical (unpaired) electrons.